The summed E-state index contributed by atoms with van der Waals surface area (Å²) in [7, 11) is 0. The second-order valence-corrected chi connectivity index (χ2v) is 4.29. The zero-order valence-corrected chi connectivity index (χ0v) is 9.19. The minimum Gasteiger partial charge on any atom is -0.481 e. The van der Waals surface area contributed by atoms with E-state index in [0.717, 1.165) is 13.1 Å². The molecule has 6 nitrogen and oxygen atoms in total. The SMILES string of the molecule is O=C(O)C1CCN(C(=O)N2CCNCC2)C1. The molecule has 2 heterocycles. The van der Waals surface area contributed by atoms with E-state index >= 15 is 0 Å². The van der Waals surface area contributed by atoms with Gasteiger partial charge in [0.1, 0.15) is 0 Å². The molecule has 16 heavy (non-hydrogen) atoms. The Morgan fingerprint density at radius 2 is 1.81 bits per heavy atom. The summed E-state index contributed by atoms with van der Waals surface area (Å²) in [4.78, 5) is 26.2. The molecule has 2 aliphatic rings. The average Bonchev–Trinajstić information content (AvgIpc) is 2.78. The molecule has 6 heteroatoms. The lowest BCUT2D eigenvalue weighted by atomic mass is 10.1. The van der Waals surface area contributed by atoms with Gasteiger partial charge < -0.3 is 20.2 Å². The Hall–Kier alpha value is -1.30. The van der Waals surface area contributed by atoms with Crippen LogP contribution < -0.4 is 5.32 Å². The molecule has 0 aromatic carbocycles. The van der Waals surface area contributed by atoms with Crippen molar-refractivity contribution >= 4 is 12.0 Å². The molecular weight excluding hydrogens is 210 g/mol. The number of likely N-dealkylation sites (tertiary alicyclic amines) is 1. The van der Waals surface area contributed by atoms with E-state index in [2.05, 4.69) is 5.32 Å². The van der Waals surface area contributed by atoms with Crippen LogP contribution in [0, 0.1) is 5.92 Å². The van der Waals surface area contributed by atoms with Crippen LogP contribution in [0.4, 0.5) is 4.79 Å². The highest BCUT2D eigenvalue weighted by atomic mass is 16.4. The average molecular weight is 227 g/mol. The van der Waals surface area contributed by atoms with E-state index in [1.54, 1.807) is 9.80 Å². The van der Waals surface area contributed by atoms with E-state index < -0.39 is 5.97 Å². The summed E-state index contributed by atoms with van der Waals surface area (Å²) in [6.45, 7) is 4.00. The topological polar surface area (TPSA) is 72.9 Å². The van der Waals surface area contributed by atoms with Gasteiger partial charge in [-0.2, -0.15) is 0 Å². The van der Waals surface area contributed by atoms with Crippen molar-refractivity contribution in [2.24, 2.45) is 5.92 Å². The van der Waals surface area contributed by atoms with Crippen molar-refractivity contribution in [3.8, 4) is 0 Å². The van der Waals surface area contributed by atoms with Crippen molar-refractivity contribution in [3.63, 3.8) is 0 Å². The number of nitrogens with one attached hydrogen (secondary N) is 1. The van der Waals surface area contributed by atoms with Gasteiger partial charge in [0, 0.05) is 39.3 Å². The number of carboxylic acid groups (broad SMARTS) is 1. The second-order valence-electron chi connectivity index (χ2n) is 4.29. The molecule has 2 fully saturated rings. The molecule has 1 atom stereocenters. The molecule has 0 aromatic heterocycles. The maximum absolute atomic E-state index is 12.0. The fraction of sp³-hybridized carbons (Fsp3) is 0.800. The Labute approximate surface area is 94.2 Å². The summed E-state index contributed by atoms with van der Waals surface area (Å²) >= 11 is 0. The molecular formula is C10H17N3O3. The van der Waals surface area contributed by atoms with Gasteiger partial charge in [-0.05, 0) is 6.42 Å². The van der Waals surface area contributed by atoms with Crippen LogP contribution in [0.25, 0.3) is 0 Å². The van der Waals surface area contributed by atoms with E-state index in [4.69, 9.17) is 5.11 Å². The van der Waals surface area contributed by atoms with Gasteiger partial charge in [-0.3, -0.25) is 4.79 Å². The minimum absolute atomic E-state index is 0.00903. The molecule has 2 amide bonds. The van der Waals surface area contributed by atoms with E-state index in [-0.39, 0.29) is 11.9 Å². The number of hydrogen-bond donors (Lipinski definition) is 2. The molecule has 2 rings (SSSR count). The van der Waals surface area contributed by atoms with E-state index in [1.807, 2.05) is 0 Å². The fourth-order valence-electron chi connectivity index (χ4n) is 2.19. The van der Waals surface area contributed by atoms with Gasteiger partial charge >= 0.3 is 12.0 Å². The summed E-state index contributed by atoms with van der Waals surface area (Å²) in [5, 5.41) is 12.0. The van der Waals surface area contributed by atoms with Gasteiger partial charge in [0.15, 0.2) is 0 Å². The summed E-state index contributed by atoms with van der Waals surface area (Å²) < 4.78 is 0. The normalized spacial score (nSPS) is 25.9. The Balaban J connectivity index is 1.88. The highest BCUT2D eigenvalue weighted by Crippen LogP contribution is 2.17. The maximum atomic E-state index is 12.0. The maximum Gasteiger partial charge on any atom is 0.320 e. The lowest BCUT2D eigenvalue weighted by molar-refractivity contribution is -0.141. The minimum atomic E-state index is -0.796. The lowest BCUT2D eigenvalue weighted by Gasteiger charge is -2.31. The van der Waals surface area contributed by atoms with Crippen molar-refractivity contribution in [2.75, 3.05) is 39.3 Å². The zero-order chi connectivity index (χ0) is 11.5. The first-order chi connectivity index (χ1) is 7.68. The number of aliphatic carboxylic acids is 1. The van der Waals surface area contributed by atoms with Gasteiger partial charge in [0.25, 0.3) is 0 Å². The van der Waals surface area contributed by atoms with Crippen molar-refractivity contribution in [1.29, 1.82) is 0 Å². The molecule has 2 saturated heterocycles. The van der Waals surface area contributed by atoms with Crippen LogP contribution in [-0.4, -0.2) is 66.2 Å². The van der Waals surface area contributed by atoms with Crippen molar-refractivity contribution in [3.05, 3.63) is 0 Å². The van der Waals surface area contributed by atoms with Crippen LogP contribution in [0.15, 0.2) is 0 Å². The van der Waals surface area contributed by atoms with E-state index in [9.17, 15) is 9.59 Å². The molecule has 0 bridgehead atoms. The van der Waals surface area contributed by atoms with Gasteiger partial charge in [-0.1, -0.05) is 0 Å². The van der Waals surface area contributed by atoms with Crippen molar-refractivity contribution in [1.82, 2.24) is 15.1 Å². The number of amides is 2. The molecule has 0 spiro atoms. The standard InChI is InChI=1S/C10H17N3O3/c14-9(15)8-1-4-13(7-8)10(16)12-5-2-11-3-6-12/h8,11H,1-7H2,(H,14,15). The second kappa shape index (κ2) is 4.69. The van der Waals surface area contributed by atoms with Crippen molar-refractivity contribution < 1.29 is 14.7 Å². The summed E-state index contributed by atoms with van der Waals surface area (Å²) in [5.74, 6) is -1.18. The third-order valence-electron chi connectivity index (χ3n) is 3.20. The Morgan fingerprint density at radius 3 is 2.38 bits per heavy atom. The smallest absolute Gasteiger partial charge is 0.320 e. The van der Waals surface area contributed by atoms with Crippen LogP contribution >= 0.6 is 0 Å². The first kappa shape index (κ1) is 11.2. The molecule has 0 radical (unpaired) electrons. The molecule has 0 aromatic rings. The molecule has 90 valence electrons. The number of carboxylic acids is 1. The molecule has 0 aliphatic carbocycles. The number of piperazine rings is 1. The summed E-state index contributed by atoms with van der Waals surface area (Å²) in [6.07, 6.45) is 0.577. The summed E-state index contributed by atoms with van der Waals surface area (Å²) in [5.41, 5.74) is 0. The summed E-state index contributed by atoms with van der Waals surface area (Å²) in [6, 6.07) is -0.00903. The first-order valence-electron chi connectivity index (χ1n) is 5.66. The van der Waals surface area contributed by atoms with E-state index in [0.29, 0.717) is 32.6 Å². The molecule has 0 saturated carbocycles. The number of urea groups is 1. The van der Waals surface area contributed by atoms with Crippen molar-refractivity contribution in [2.45, 2.75) is 6.42 Å². The van der Waals surface area contributed by atoms with Crippen LogP contribution in [0.1, 0.15) is 6.42 Å². The number of nitrogens with zero attached hydrogens (tertiary/aromatic N) is 2. The predicted octanol–water partition coefficient (Wildman–Crippen LogP) is -0.582. The molecule has 2 N–H and O–H groups in total. The third kappa shape index (κ3) is 2.27. The van der Waals surface area contributed by atoms with Gasteiger partial charge in [0.05, 0.1) is 5.92 Å². The van der Waals surface area contributed by atoms with E-state index in [1.165, 1.54) is 0 Å². The van der Waals surface area contributed by atoms with Crippen LogP contribution in [0.3, 0.4) is 0 Å². The molecule has 1 unspecified atom stereocenters. The van der Waals surface area contributed by atoms with Gasteiger partial charge in [0.2, 0.25) is 0 Å². The third-order valence-corrected chi connectivity index (χ3v) is 3.20. The van der Waals surface area contributed by atoms with Crippen LogP contribution in [0.2, 0.25) is 0 Å². The highest BCUT2D eigenvalue weighted by molar-refractivity contribution is 5.77. The van der Waals surface area contributed by atoms with Gasteiger partial charge in [-0.25, -0.2) is 4.79 Å². The Kier molecular flexibility index (Phi) is 3.28. The lowest BCUT2D eigenvalue weighted by Crippen LogP contribution is -2.51. The van der Waals surface area contributed by atoms with Gasteiger partial charge in [-0.15, -0.1) is 0 Å². The Bertz CT molecular complexity index is 289. The monoisotopic (exact) mass is 227 g/mol. The quantitative estimate of drug-likeness (QED) is 0.628. The fourth-order valence-corrected chi connectivity index (χ4v) is 2.19. The largest absolute Gasteiger partial charge is 0.481 e. The predicted molar refractivity (Wildman–Crippen MR) is 57.2 cm³/mol. The molecule has 2 aliphatic heterocycles. The highest BCUT2D eigenvalue weighted by Gasteiger charge is 2.33. The van der Waals surface area contributed by atoms with Crippen LogP contribution in [-0.2, 0) is 4.79 Å². The number of carbonyl (C=O) groups excluding carboxylic acids is 1. The zero-order valence-electron chi connectivity index (χ0n) is 9.19. The number of rotatable bonds is 1. The number of carbonyl (C=O) groups is 2. The Morgan fingerprint density at radius 1 is 1.12 bits per heavy atom. The van der Waals surface area contributed by atoms with Crippen LogP contribution in [0.5, 0.6) is 0 Å². The number of hydrogen-bond acceptors (Lipinski definition) is 3. The first-order valence-corrected chi connectivity index (χ1v) is 5.66.